The van der Waals surface area contributed by atoms with Crippen molar-refractivity contribution in [1.82, 2.24) is 0 Å². The lowest BCUT2D eigenvalue weighted by molar-refractivity contribution is -0.111. The molecule has 21 heavy (non-hydrogen) atoms. The fourth-order valence-electron chi connectivity index (χ4n) is 1.65. The third-order valence-electron chi connectivity index (χ3n) is 2.62. The van der Waals surface area contributed by atoms with Gasteiger partial charge >= 0.3 is 5.97 Å². The third kappa shape index (κ3) is 4.27. The van der Waals surface area contributed by atoms with Crippen LogP contribution in [0, 0.1) is 6.92 Å². The van der Waals surface area contributed by atoms with Crippen LogP contribution in [-0.4, -0.2) is 17.0 Å². The van der Waals surface area contributed by atoms with Crippen molar-refractivity contribution in [2.24, 2.45) is 0 Å². The Morgan fingerprint density at radius 2 is 2.05 bits per heavy atom. The second-order valence-electron chi connectivity index (χ2n) is 4.27. The summed E-state index contributed by atoms with van der Waals surface area (Å²) in [7, 11) is 0. The summed E-state index contributed by atoms with van der Waals surface area (Å²) in [5.74, 6) is -1.36. The van der Waals surface area contributed by atoms with Gasteiger partial charge in [-0.25, -0.2) is 4.79 Å². The predicted octanol–water partition coefficient (Wildman–Crippen LogP) is 4.17. The first-order valence-electron chi connectivity index (χ1n) is 6.04. The van der Waals surface area contributed by atoms with Gasteiger partial charge in [0.25, 0.3) is 0 Å². The number of carboxylic acid groups (broad SMARTS) is 1. The summed E-state index contributed by atoms with van der Waals surface area (Å²) >= 11 is 4.75. The van der Waals surface area contributed by atoms with E-state index >= 15 is 0 Å². The smallest absolute Gasteiger partial charge is 0.336 e. The zero-order valence-corrected chi connectivity index (χ0v) is 13.5. The average Bonchev–Trinajstić information content (AvgIpc) is 2.84. The molecule has 0 spiro atoms. The molecule has 4 nitrogen and oxygen atoms in total. The van der Waals surface area contributed by atoms with E-state index in [1.165, 1.54) is 17.0 Å². The van der Waals surface area contributed by atoms with E-state index in [0.717, 1.165) is 4.88 Å². The molecule has 1 heterocycles. The molecule has 0 saturated carbocycles. The minimum atomic E-state index is -1.05. The van der Waals surface area contributed by atoms with E-state index in [-0.39, 0.29) is 11.5 Å². The molecule has 1 aromatic heterocycles. The van der Waals surface area contributed by atoms with Gasteiger partial charge in [-0.05, 0) is 59.3 Å². The van der Waals surface area contributed by atoms with E-state index in [4.69, 9.17) is 5.11 Å². The number of thiophene rings is 1. The maximum absolute atomic E-state index is 11.8. The van der Waals surface area contributed by atoms with Crippen LogP contribution in [0.4, 0.5) is 5.69 Å². The van der Waals surface area contributed by atoms with Gasteiger partial charge in [-0.1, -0.05) is 0 Å². The topological polar surface area (TPSA) is 66.4 Å². The van der Waals surface area contributed by atoms with Crippen LogP contribution in [0.25, 0.3) is 6.08 Å². The first-order valence-corrected chi connectivity index (χ1v) is 7.65. The highest BCUT2D eigenvalue weighted by Gasteiger charge is 2.09. The number of nitrogens with one attached hydrogen (secondary N) is 1. The van der Waals surface area contributed by atoms with E-state index in [1.807, 2.05) is 19.1 Å². The maximum atomic E-state index is 11.8. The minimum Gasteiger partial charge on any atom is -0.478 e. The molecule has 108 valence electrons. The van der Waals surface area contributed by atoms with Crippen molar-refractivity contribution in [3.05, 3.63) is 56.2 Å². The van der Waals surface area contributed by atoms with Gasteiger partial charge in [-0.3, -0.25) is 4.79 Å². The summed E-state index contributed by atoms with van der Waals surface area (Å²) in [6.45, 7) is 2.00. The van der Waals surface area contributed by atoms with Crippen molar-refractivity contribution in [2.75, 3.05) is 5.32 Å². The van der Waals surface area contributed by atoms with Crippen LogP contribution in [0.3, 0.4) is 0 Å². The first kappa shape index (κ1) is 15.5. The van der Waals surface area contributed by atoms with E-state index in [1.54, 1.807) is 29.5 Å². The SMILES string of the molecule is Cc1ccc(/C=C/C(=O)Nc2ccc(Br)c(C(=O)O)c2)s1. The zero-order chi connectivity index (χ0) is 15.4. The normalized spacial score (nSPS) is 10.8. The molecule has 2 rings (SSSR count). The molecule has 2 N–H and O–H groups in total. The van der Waals surface area contributed by atoms with Crippen LogP contribution >= 0.6 is 27.3 Å². The van der Waals surface area contributed by atoms with Gasteiger partial charge in [0.05, 0.1) is 5.56 Å². The first-order chi connectivity index (χ1) is 9.95. The standard InChI is InChI=1S/C15H12BrNO3S/c1-9-2-4-11(21-9)5-7-14(18)17-10-3-6-13(16)12(8-10)15(19)20/h2-8H,1H3,(H,17,18)(H,19,20)/b7-5+. The largest absolute Gasteiger partial charge is 0.478 e. The number of aromatic carboxylic acids is 1. The van der Waals surface area contributed by atoms with Gasteiger partial charge in [0.2, 0.25) is 5.91 Å². The van der Waals surface area contributed by atoms with Crippen molar-refractivity contribution >= 4 is 50.9 Å². The average molecular weight is 366 g/mol. The molecule has 0 aliphatic carbocycles. The second-order valence-corrected chi connectivity index (χ2v) is 6.44. The van der Waals surface area contributed by atoms with Crippen LogP contribution in [0.5, 0.6) is 0 Å². The summed E-state index contributed by atoms with van der Waals surface area (Å²) in [5, 5.41) is 11.7. The quantitative estimate of drug-likeness (QED) is 0.799. The zero-order valence-electron chi connectivity index (χ0n) is 11.1. The molecule has 0 aliphatic rings. The third-order valence-corrected chi connectivity index (χ3v) is 4.28. The molecule has 0 aliphatic heterocycles. The monoisotopic (exact) mass is 365 g/mol. The lowest BCUT2D eigenvalue weighted by Crippen LogP contribution is -2.09. The number of anilines is 1. The highest BCUT2D eigenvalue weighted by Crippen LogP contribution is 2.21. The number of hydrogen-bond acceptors (Lipinski definition) is 3. The molecule has 0 radical (unpaired) electrons. The predicted molar refractivity (Wildman–Crippen MR) is 87.8 cm³/mol. The summed E-state index contributed by atoms with van der Waals surface area (Å²) in [6.07, 6.45) is 3.15. The number of carboxylic acids is 1. The van der Waals surface area contributed by atoms with Gasteiger partial charge in [-0.15, -0.1) is 11.3 Å². The Morgan fingerprint density at radius 1 is 1.29 bits per heavy atom. The summed E-state index contributed by atoms with van der Waals surface area (Å²) in [4.78, 5) is 25.0. The Kier molecular flexibility index (Phi) is 4.93. The molecule has 0 fully saturated rings. The molecule has 1 aromatic carbocycles. The van der Waals surface area contributed by atoms with Crippen LogP contribution in [0.2, 0.25) is 0 Å². The molecular formula is C15H12BrNO3S. The number of amides is 1. The lowest BCUT2D eigenvalue weighted by atomic mass is 10.2. The highest BCUT2D eigenvalue weighted by atomic mass is 79.9. The van der Waals surface area contributed by atoms with Crippen LogP contribution in [0.1, 0.15) is 20.1 Å². The number of carbonyl (C=O) groups is 2. The number of hydrogen-bond donors (Lipinski definition) is 2. The summed E-state index contributed by atoms with van der Waals surface area (Å²) in [5.41, 5.74) is 0.540. The molecule has 0 atom stereocenters. The maximum Gasteiger partial charge on any atom is 0.336 e. The number of aryl methyl sites for hydroxylation is 1. The van der Waals surface area contributed by atoms with Crippen LogP contribution < -0.4 is 5.32 Å². The molecule has 2 aromatic rings. The fourth-order valence-corrected chi connectivity index (χ4v) is 2.85. The van der Waals surface area contributed by atoms with Crippen molar-refractivity contribution in [3.63, 3.8) is 0 Å². The van der Waals surface area contributed by atoms with Crippen molar-refractivity contribution in [3.8, 4) is 0 Å². The van der Waals surface area contributed by atoms with E-state index in [0.29, 0.717) is 10.2 Å². The molecule has 1 amide bonds. The van der Waals surface area contributed by atoms with E-state index in [2.05, 4.69) is 21.2 Å². The molecule has 6 heteroatoms. The highest BCUT2D eigenvalue weighted by molar-refractivity contribution is 9.10. The van der Waals surface area contributed by atoms with Crippen LogP contribution in [-0.2, 0) is 4.79 Å². The molecule has 0 unspecified atom stereocenters. The number of halogens is 1. The van der Waals surface area contributed by atoms with E-state index < -0.39 is 5.97 Å². The summed E-state index contributed by atoms with van der Waals surface area (Å²) < 4.78 is 0.470. The van der Waals surface area contributed by atoms with E-state index in [9.17, 15) is 9.59 Å². The Morgan fingerprint density at radius 3 is 2.67 bits per heavy atom. The van der Waals surface area contributed by atoms with Gasteiger partial charge in [0, 0.05) is 26.0 Å². The number of benzene rings is 1. The van der Waals surface area contributed by atoms with Crippen molar-refractivity contribution < 1.29 is 14.7 Å². The lowest BCUT2D eigenvalue weighted by Gasteiger charge is -2.05. The molecular weight excluding hydrogens is 354 g/mol. The Hall–Kier alpha value is -1.92. The molecule has 0 bridgehead atoms. The Bertz CT molecular complexity index is 721. The Balaban J connectivity index is 2.07. The van der Waals surface area contributed by atoms with Gasteiger partial charge < -0.3 is 10.4 Å². The van der Waals surface area contributed by atoms with Gasteiger partial charge in [0.1, 0.15) is 0 Å². The molecule has 0 saturated heterocycles. The van der Waals surface area contributed by atoms with Gasteiger partial charge in [-0.2, -0.15) is 0 Å². The van der Waals surface area contributed by atoms with Crippen LogP contribution in [0.15, 0.2) is 40.9 Å². The second kappa shape index (κ2) is 6.69. The number of carbonyl (C=O) groups excluding carboxylic acids is 1. The van der Waals surface area contributed by atoms with Crippen molar-refractivity contribution in [1.29, 1.82) is 0 Å². The summed E-state index contributed by atoms with van der Waals surface area (Å²) in [6, 6.07) is 8.55. The Labute approximate surface area is 134 Å². The van der Waals surface area contributed by atoms with Crippen molar-refractivity contribution in [2.45, 2.75) is 6.92 Å². The minimum absolute atomic E-state index is 0.102. The fraction of sp³-hybridized carbons (Fsp3) is 0.0667. The van der Waals surface area contributed by atoms with Gasteiger partial charge in [0.15, 0.2) is 0 Å². The number of rotatable bonds is 4.